The van der Waals surface area contributed by atoms with Crippen LogP contribution in [-0.4, -0.2) is 17.5 Å². The molecule has 0 aliphatic carbocycles. The summed E-state index contributed by atoms with van der Waals surface area (Å²) >= 11 is 0. The maximum atomic E-state index is 9.77. The highest BCUT2D eigenvalue weighted by atomic mass is 31.1. The van der Waals surface area contributed by atoms with Crippen LogP contribution in [0.5, 0.6) is 0 Å². The van der Waals surface area contributed by atoms with E-state index in [1.54, 1.807) is 0 Å². The standard InChI is InChI=1S/C3H8NO3P/c4-3(5)1-2-8(6)7/h3,5H,1-2,4H2. The number of nitrogens with two attached hydrogens (primary N) is 1. The van der Waals surface area contributed by atoms with Crippen molar-refractivity contribution in [3.8, 4) is 0 Å². The third-order valence-corrected chi connectivity index (χ3v) is 1.23. The predicted molar refractivity (Wildman–Crippen MR) is 27.3 cm³/mol. The van der Waals surface area contributed by atoms with Gasteiger partial charge in [-0.25, -0.2) is 0 Å². The molecule has 2 atom stereocenters. The van der Waals surface area contributed by atoms with Gasteiger partial charge in [-0.3, -0.25) is 0 Å². The minimum atomic E-state index is -2.37. The van der Waals surface area contributed by atoms with Crippen molar-refractivity contribution < 1.29 is 14.6 Å². The van der Waals surface area contributed by atoms with Crippen molar-refractivity contribution in [1.82, 2.24) is 0 Å². The Morgan fingerprint density at radius 1 is 1.88 bits per heavy atom. The number of aliphatic hydroxyl groups excluding tert-OH is 1. The van der Waals surface area contributed by atoms with E-state index >= 15 is 0 Å². The molecule has 5 heteroatoms. The molecule has 0 heterocycles. The lowest BCUT2D eigenvalue weighted by atomic mass is 10.4. The summed E-state index contributed by atoms with van der Waals surface area (Å²) in [7, 11) is -2.37. The fourth-order valence-corrected chi connectivity index (χ4v) is 0.713. The van der Waals surface area contributed by atoms with Gasteiger partial charge in [0.25, 0.3) is 0 Å². The topological polar surface area (TPSA) is 86.4 Å². The monoisotopic (exact) mass is 137 g/mol. The number of hydrogen-bond acceptors (Lipinski definition) is 4. The van der Waals surface area contributed by atoms with Gasteiger partial charge in [0, 0.05) is 6.42 Å². The van der Waals surface area contributed by atoms with E-state index in [2.05, 4.69) is 0 Å². The highest BCUT2D eigenvalue weighted by Crippen LogP contribution is 2.07. The highest BCUT2D eigenvalue weighted by Gasteiger charge is 2.02. The largest absolute Gasteiger partial charge is 0.596 e. The van der Waals surface area contributed by atoms with Crippen molar-refractivity contribution in [2.45, 2.75) is 12.6 Å². The summed E-state index contributed by atoms with van der Waals surface area (Å²) in [5.74, 6) is 0. The molecule has 0 spiro atoms. The molecule has 0 aliphatic heterocycles. The normalized spacial score (nSPS) is 15.6. The van der Waals surface area contributed by atoms with E-state index in [-0.39, 0.29) is 12.6 Å². The average molecular weight is 137 g/mol. The molecule has 0 aromatic rings. The lowest BCUT2D eigenvalue weighted by molar-refractivity contribution is -0.164. The van der Waals surface area contributed by atoms with Gasteiger partial charge in [-0.15, -0.1) is 0 Å². The highest BCUT2D eigenvalue weighted by molar-refractivity contribution is 7.36. The van der Waals surface area contributed by atoms with Crippen molar-refractivity contribution in [1.29, 1.82) is 0 Å². The first-order valence-corrected chi connectivity index (χ1v) is 3.54. The van der Waals surface area contributed by atoms with E-state index in [1.165, 1.54) is 0 Å². The molecule has 0 aromatic heterocycles. The molecule has 0 amide bonds. The van der Waals surface area contributed by atoms with Crippen molar-refractivity contribution in [2.75, 3.05) is 6.16 Å². The minimum absolute atomic E-state index is 0.0347. The molecule has 4 nitrogen and oxygen atoms in total. The first-order valence-electron chi connectivity index (χ1n) is 2.18. The summed E-state index contributed by atoms with van der Waals surface area (Å²) in [5.41, 5.74) is 4.83. The minimum Gasteiger partial charge on any atom is -0.596 e. The third kappa shape index (κ3) is 5.98. The Hall–Kier alpha value is -0.0200. The number of hydrogen-bond donors (Lipinski definition) is 2. The van der Waals surface area contributed by atoms with Crippen molar-refractivity contribution >= 4 is 8.03 Å². The van der Waals surface area contributed by atoms with E-state index < -0.39 is 14.3 Å². The Kier molecular flexibility index (Phi) is 3.91. The average Bonchev–Trinajstić information content (AvgIpc) is 1.61. The SMILES string of the molecule is NC(O)CC[P+](=O)[O-]. The summed E-state index contributed by atoms with van der Waals surface area (Å²) in [5, 5.41) is 8.31. The summed E-state index contributed by atoms with van der Waals surface area (Å²) in [6, 6.07) is 0. The van der Waals surface area contributed by atoms with Gasteiger partial charge in [-0.05, 0) is 0 Å². The Morgan fingerprint density at radius 2 is 2.38 bits per heavy atom. The maximum absolute atomic E-state index is 9.77. The van der Waals surface area contributed by atoms with Crippen LogP contribution in [0.2, 0.25) is 0 Å². The molecule has 0 radical (unpaired) electrons. The zero-order valence-corrected chi connectivity index (χ0v) is 5.17. The summed E-state index contributed by atoms with van der Waals surface area (Å²) in [6.45, 7) is 0. The van der Waals surface area contributed by atoms with Crippen molar-refractivity contribution in [2.24, 2.45) is 5.73 Å². The summed E-state index contributed by atoms with van der Waals surface area (Å²) in [6.07, 6.45) is -0.908. The molecular formula is C3H8NO3P. The van der Waals surface area contributed by atoms with Crippen LogP contribution in [0.1, 0.15) is 6.42 Å². The van der Waals surface area contributed by atoms with Crippen LogP contribution in [0.25, 0.3) is 0 Å². The van der Waals surface area contributed by atoms with E-state index in [0.29, 0.717) is 0 Å². The second-order valence-electron chi connectivity index (χ2n) is 1.41. The lowest BCUT2D eigenvalue weighted by Gasteiger charge is -1.95. The second-order valence-corrected chi connectivity index (χ2v) is 2.53. The van der Waals surface area contributed by atoms with Gasteiger partial charge >= 0.3 is 8.03 Å². The molecule has 0 fully saturated rings. The lowest BCUT2D eigenvalue weighted by Crippen LogP contribution is -2.19. The molecule has 3 N–H and O–H groups in total. The molecule has 2 unspecified atom stereocenters. The smallest absolute Gasteiger partial charge is 0.308 e. The maximum Gasteiger partial charge on any atom is 0.308 e. The summed E-state index contributed by atoms with van der Waals surface area (Å²) < 4.78 is 9.77. The Balaban J connectivity index is 3.05. The van der Waals surface area contributed by atoms with E-state index in [0.717, 1.165) is 0 Å². The Bertz CT molecular complexity index is 84.6. The van der Waals surface area contributed by atoms with Gasteiger partial charge in [0.15, 0.2) is 0 Å². The molecule has 0 bridgehead atoms. The first kappa shape index (κ1) is 7.98. The molecule has 0 aliphatic rings. The van der Waals surface area contributed by atoms with Crippen LogP contribution in [0.4, 0.5) is 0 Å². The number of aliphatic hydroxyl groups is 1. The Morgan fingerprint density at radius 3 is 2.50 bits per heavy atom. The second kappa shape index (κ2) is 3.92. The van der Waals surface area contributed by atoms with Crippen LogP contribution in [0.15, 0.2) is 0 Å². The third-order valence-electron chi connectivity index (χ3n) is 0.607. The van der Waals surface area contributed by atoms with Gasteiger partial charge in [0.2, 0.25) is 0 Å². The molecule has 0 rings (SSSR count). The molecule has 0 aromatic carbocycles. The van der Waals surface area contributed by atoms with Gasteiger partial charge in [0.05, 0.1) is 0 Å². The van der Waals surface area contributed by atoms with Crippen LogP contribution in [0, 0.1) is 0 Å². The quantitative estimate of drug-likeness (QED) is 0.376. The van der Waals surface area contributed by atoms with Gasteiger partial charge in [0.1, 0.15) is 12.4 Å². The molecule has 48 valence electrons. The fourth-order valence-electron chi connectivity index (χ4n) is 0.238. The van der Waals surface area contributed by atoms with Gasteiger partial charge in [-0.1, -0.05) is 4.57 Å². The zero-order valence-electron chi connectivity index (χ0n) is 4.28. The van der Waals surface area contributed by atoms with Crippen molar-refractivity contribution in [3.63, 3.8) is 0 Å². The molecule has 8 heavy (non-hydrogen) atoms. The van der Waals surface area contributed by atoms with Crippen LogP contribution in [-0.2, 0) is 4.57 Å². The van der Waals surface area contributed by atoms with E-state index in [4.69, 9.17) is 10.8 Å². The van der Waals surface area contributed by atoms with E-state index in [1.807, 2.05) is 0 Å². The van der Waals surface area contributed by atoms with E-state index in [9.17, 15) is 9.46 Å². The number of rotatable bonds is 3. The van der Waals surface area contributed by atoms with Crippen molar-refractivity contribution in [3.05, 3.63) is 0 Å². The zero-order chi connectivity index (χ0) is 6.57. The van der Waals surface area contributed by atoms with Crippen LogP contribution >= 0.6 is 8.03 Å². The first-order chi connectivity index (χ1) is 3.63. The van der Waals surface area contributed by atoms with Gasteiger partial charge < -0.3 is 15.7 Å². The van der Waals surface area contributed by atoms with Gasteiger partial charge in [-0.2, -0.15) is 0 Å². The molecular weight excluding hydrogens is 129 g/mol. The molecule has 0 saturated heterocycles. The fraction of sp³-hybridized carbons (Fsp3) is 1.00. The van der Waals surface area contributed by atoms with Crippen LogP contribution < -0.4 is 10.6 Å². The summed E-state index contributed by atoms with van der Waals surface area (Å²) in [4.78, 5) is 9.77. The molecule has 0 saturated carbocycles. The Labute approximate surface area is 48.2 Å². The van der Waals surface area contributed by atoms with Crippen LogP contribution in [0.3, 0.4) is 0 Å². The predicted octanol–water partition coefficient (Wildman–Crippen LogP) is -1.24.